The van der Waals surface area contributed by atoms with E-state index >= 15 is 0 Å². The van der Waals surface area contributed by atoms with E-state index in [1.165, 1.54) is 6.07 Å². The average molecular weight is 503 g/mol. The van der Waals surface area contributed by atoms with E-state index in [0.717, 1.165) is 4.31 Å². The fourth-order valence-corrected chi connectivity index (χ4v) is 6.70. The summed E-state index contributed by atoms with van der Waals surface area (Å²) in [7, 11) is -4.06. The summed E-state index contributed by atoms with van der Waals surface area (Å²) in [6.07, 6.45) is -0.148. The molecule has 5 nitrogen and oxygen atoms in total. The first kappa shape index (κ1) is 23.4. The Bertz CT molecular complexity index is 1150. The van der Waals surface area contributed by atoms with Gasteiger partial charge in [-0.2, -0.15) is 4.31 Å². The average Bonchev–Trinajstić information content (AvgIpc) is 3.11. The van der Waals surface area contributed by atoms with Gasteiger partial charge in [0.1, 0.15) is 0 Å². The summed E-state index contributed by atoms with van der Waals surface area (Å²) < 4.78 is 54.4. The Kier molecular flexibility index (Phi) is 6.26. The van der Waals surface area contributed by atoms with Gasteiger partial charge in [-0.1, -0.05) is 41.4 Å². The third-order valence-corrected chi connectivity index (χ3v) is 8.79. The number of nitrogens with zero attached hydrogens (tertiary/aromatic N) is 2. The predicted octanol–water partition coefficient (Wildman–Crippen LogP) is 4.71. The Labute approximate surface area is 196 Å². The molecule has 1 atom stereocenters. The van der Waals surface area contributed by atoms with Gasteiger partial charge in [-0.15, -0.1) is 0 Å². The molecule has 10 heteroatoms. The van der Waals surface area contributed by atoms with E-state index in [0.29, 0.717) is 39.7 Å². The van der Waals surface area contributed by atoms with Crippen LogP contribution >= 0.6 is 23.2 Å². The van der Waals surface area contributed by atoms with Crippen LogP contribution in [-0.2, 0) is 27.7 Å². The maximum Gasteiger partial charge on any atom is 0.262 e. The fourth-order valence-electron chi connectivity index (χ4n) is 4.42. The van der Waals surface area contributed by atoms with E-state index in [1.807, 2.05) is 6.92 Å². The quantitative estimate of drug-likeness (QED) is 0.608. The Hall–Kier alpha value is -1.74. The molecule has 1 amide bonds. The lowest BCUT2D eigenvalue weighted by atomic mass is 9.93. The monoisotopic (exact) mass is 502 g/mol. The summed E-state index contributed by atoms with van der Waals surface area (Å²) in [6, 6.07) is 9.49. The number of halogens is 4. The van der Waals surface area contributed by atoms with Gasteiger partial charge < -0.3 is 4.90 Å². The second-order valence-corrected chi connectivity index (χ2v) is 10.9. The number of amides is 1. The summed E-state index contributed by atoms with van der Waals surface area (Å²) in [5.74, 6) is -3.19. The molecule has 0 saturated carbocycles. The molecule has 2 aliphatic rings. The first-order chi connectivity index (χ1) is 15.0. The van der Waals surface area contributed by atoms with Gasteiger partial charge in [0.15, 0.2) is 0 Å². The van der Waals surface area contributed by atoms with E-state index in [1.54, 1.807) is 35.2 Å². The van der Waals surface area contributed by atoms with Gasteiger partial charge >= 0.3 is 0 Å². The van der Waals surface area contributed by atoms with Crippen LogP contribution in [0.4, 0.5) is 8.78 Å². The lowest BCUT2D eigenvalue weighted by molar-refractivity contribution is -0.133. The number of sulfonamides is 1. The van der Waals surface area contributed by atoms with Crippen molar-refractivity contribution < 1.29 is 22.0 Å². The van der Waals surface area contributed by atoms with Crippen LogP contribution in [0.3, 0.4) is 0 Å². The Morgan fingerprint density at radius 1 is 1.12 bits per heavy atom. The van der Waals surface area contributed by atoms with Gasteiger partial charge in [-0.25, -0.2) is 17.2 Å². The molecule has 32 heavy (non-hydrogen) atoms. The largest absolute Gasteiger partial charge is 0.335 e. The van der Waals surface area contributed by atoms with Gasteiger partial charge in [-0.3, -0.25) is 4.79 Å². The van der Waals surface area contributed by atoms with Crippen LogP contribution in [0.5, 0.6) is 0 Å². The van der Waals surface area contributed by atoms with Gasteiger partial charge in [0.2, 0.25) is 15.9 Å². The van der Waals surface area contributed by atoms with Crippen molar-refractivity contribution in [2.24, 2.45) is 0 Å². The topological polar surface area (TPSA) is 57.7 Å². The van der Waals surface area contributed by atoms with Crippen LogP contribution in [0.1, 0.15) is 36.1 Å². The molecule has 0 bridgehead atoms. The zero-order chi connectivity index (χ0) is 23.3. The lowest BCUT2D eigenvalue weighted by Gasteiger charge is -2.36. The predicted molar refractivity (Wildman–Crippen MR) is 119 cm³/mol. The molecule has 2 aliphatic heterocycles. The van der Waals surface area contributed by atoms with E-state index in [4.69, 9.17) is 23.2 Å². The van der Waals surface area contributed by atoms with Crippen LogP contribution < -0.4 is 0 Å². The van der Waals surface area contributed by atoms with Crippen molar-refractivity contribution in [1.29, 1.82) is 0 Å². The van der Waals surface area contributed by atoms with Crippen molar-refractivity contribution in [3.63, 3.8) is 0 Å². The summed E-state index contributed by atoms with van der Waals surface area (Å²) >= 11 is 12.4. The molecule has 0 radical (unpaired) electrons. The third kappa shape index (κ3) is 4.25. The number of rotatable bonds is 4. The van der Waals surface area contributed by atoms with Crippen molar-refractivity contribution in [2.75, 3.05) is 19.6 Å². The van der Waals surface area contributed by atoms with Crippen molar-refractivity contribution in [1.82, 2.24) is 9.21 Å². The van der Waals surface area contributed by atoms with E-state index < -0.39 is 28.9 Å². The number of carbonyl (C=O) groups is 1. The van der Waals surface area contributed by atoms with Crippen molar-refractivity contribution in [2.45, 2.75) is 43.0 Å². The third-order valence-electron chi connectivity index (χ3n) is 6.15. The molecule has 1 fully saturated rings. The molecule has 2 heterocycles. The zero-order valence-electron chi connectivity index (χ0n) is 17.3. The molecule has 0 unspecified atom stereocenters. The van der Waals surface area contributed by atoms with Crippen molar-refractivity contribution in [3.05, 3.63) is 63.1 Å². The molecule has 2 aromatic carbocycles. The highest BCUT2D eigenvalue weighted by Crippen LogP contribution is 2.37. The van der Waals surface area contributed by atoms with Gasteiger partial charge in [0, 0.05) is 29.6 Å². The second kappa shape index (κ2) is 8.56. The van der Waals surface area contributed by atoms with E-state index in [2.05, 4.69) is 0 Å². The molecular weight excluding hydrogens is 481 g/mol. The smallest absolute Gasteiger partial charge is 0.262 e. The molecule has 4 rings (SSSR count). The summed E-state index contributed by atoms with van der Waals surface area (Å²) in [4.78, 5) is 14.8. The highest BCUT2D eigenvalue weighted by Gasteiger charge is 2.44. The number of benzene rings is 2. The molecule has 2 aromatic rings. The summed E-state index contributed by atoms with van der Waals surface area (Å²) in [6.45, 7) is 1.11. The Morgan fingerprint density at radius 2 is 1.78 bits per heavy atom. The SMILES string of the molecule is C[C@H]1c2cccc(S(=O)(=O)N3CCC(F)(F)C3)c2CCN1C(=O)Cc1c(Cl)cccc1Cl. The number of alkyl halides is 2. The number of hydrogen-bond donors (Lipinski definition) is 0. The minimum absolute atomic E-state index is 0.0268. The molecule has 1 saturated heterocycles. The molecule has 0 aliphatic carbocycles. The first-order valence-electron chi connectivity index (χ1n) is 10.2. The number of hydrogen-bond acceptors (Lipinski definition) is 3. The Morgan fingerprint density at radius 3 is 2.41 bits per heavy atom. The van der Waals surface area contributed by atoms with Crippen molar-refractivity contribution in [3.8, 4) is 0 Å². The highest BCUT2D eigenvalue weighted by molar-refractivity contribution is 7.89. The zero-order valence-corrected chi connectivity index (χ0v) is 19.7. The molecule has 0 N–H and O–H groups in total. The summed E-state index contributed by atoms with van der Waals surface area (Å²) in [5, 5.41) is 0.818. The first-order valence-corrected chi connectivity index (χ1v) is 12.4. The minimum atomic E-state index is -4.06. The van der Waals surface area contributed by atoms with Gasteiger partial charge in [-0.05, 0) is 48.2 Å². The van der Waals surface area contributed by atoms with Gasteiger partial charge in [0.25, 0.3) is 5.92 Å². The van der Waals surface area contributed by atoms with E-state index in [-0.39, 0.29) is 29.8 Å². The molecule has 172 valence electrons. The van der Waals surface area contributed by atoms with Crippen LogP contribution in [-0.4, -0.2) is 49.1 Å². The lowest BCUT2D eigenvalue weighted by Crippen LogP contribution is -2.41. The van der Waals surface area contributed by atoms with Crippen LogP contribution in [0.25, 0.3) is 0 Å². The molecular formula is C22H22Cl2F2N2O3S. The molecule has 0 aromatic heterocycles. The number of carbonyl (C=O) groups excluding carboxylic acids is 1. The van der Waals surface area contributed by atoms with Crippen LogP contribution in [0.15, 0.2) is 41.3 Å². The fraction of sp³-hybridized carbons (Fsp3) is 0.409. The standard InChI is InChI=1S/C22H22Cl2F2N2O3S/c1-14-15-4-2-7-20(32(30,31)27-11-9-22(25,26)13-27)16(15)8-10-28(14)21(29)12-17-18(23)5-3-6-19(17)24/h2-7,14H,8-13H2,1H3/t14-/m0/s1. The van der Waals surface area contributed by atoms with Gasteiger partial charge in [0.05, 0.1) is 23.9 Å². The normalized spacial score (nSPS) is 20.9. The maximum atomic E-state index is 13.6. The van der Waals surface area contributed by atoms with Crippen molar-refractivity contribution >= 4 is 39.1 Å². The second-order valence-electron chi connectivity index (χ2n) is 8.16. The van der Waals surface area contributed by atoms with Crippen LogP contribution in [0.2, 0.25) is 10.0 Å². The minimum Gasteiger partial charge on any atom is -0.335 e. The van der Waals surface area contributed by atoms with Crippen LogP contribution in [0, 0.1) is 0 Å². The number of fused-ring (bicyclic) bond motifs is 1. The highest BCUT2D eigenvalue weighted by atomic mass is 35.5. The van der Waals surface area contributed by atoms with E-state index in [9.17, 15) is 22.0 Å². The Balaban J connectivity index is 1.61. The maximum absolute atomic E-state index is 13.6. The molecule has 0 spiro atoms. The summed E-state index contributed by atoms with van der Waals surface area (Å²) in [5.41, 5.74) is 1.82.